The number of benzene rings is 1. The summed E-state index contributed by atoms with van der Waals surface area (Å²) in [5.74, 6) is 1.50. The van der Waals surface area contributed by atoms with Crippen LogP contribution in [0.4, 0.5) is 0 Å². The largest absolute Gasteiger partial charge is 0.493 e. The zero-order valence-corrected chi connectivity index (χ0v) is 10.6. The van der Waals surface area contributed by atoms with E-state index in [2.05, 4.69) is 37.9 Å². The number of aryl methyl sites for hydroxylation is 1. The van der Waals surface area contributed by atoms with Crippen LogP contribution in [0, 0.1) is 6.92 Å². The quantitative estimate of drug-likeness (QED) is 0.742. The maximum absolute atomic E-state index is 5.77. The van der Waals surface area contributed by atoms with E-state index in [-0.39, 0.29) is 0 Å². The molecule has 2 heteroatoms. The lowest BCUT2D eigenvalue weighted by atomic mass is 9.91. The first-order chi connectivity index (χ1) is 8.18. The summed E-state index contributed by atoms with van der Waals surface area (Å²) in [4.78, 5) is 4.59. The highest BCUT2D eigenvalue weighted by Crippen LogP contribution is 2.37. The van der Waals surface area contributed by atoms with Gasteiger partial charge in [0.25, 0.3) is 0 Å². The van der Waals surface area contributed by atoms with Crippen LogP contribution in [0.1, 0.15) is 36.5 Å². The molecule has 0 spiro atoms. The van der Waals surface area contributed by atoms with Gasteiger partial charge in [0.2, 0.25) is 0 Å². The van der Waals surface area contributed by atoms with Crippen LogP contribution in [-0.4, -0.2) is 11.6 Å². The molecule has 0 aliphatic carbocycles. The maximum Gasteiger partial charge on any atom is 0.129 e. The summed E-state index contributed by atoms with van der Waals surface area (Å²) >= 11 is 0. The normalized spacial score (nSPS) is 14.1. The Morgan fingerprint density at radius 3 is 2.94 bits per heavy atom. The number of nitrogens with zero attached hydrogens (tertiary/aromatic N) is 1. The van der Waals surface area contributed by atoms with Crippen LogP contribution < -0.4 is 4.74 Å². The second-order valence-corrected chi connectivity index (χ2v) is 5.05. The van der Waals surface area contributed by atoms with E-state index in [0.29, 0.717) is 5.92 Å². The van der Waals surface area contributed by atoms with Gasteiger partial charge in [-0.2, -0.15) is 0 Å². The van der Waals surface area contributed by atoms with E-state index >= 15 is 0 Å². The van der Waals surface area contributed by atoms with Gasteiger partial charge >= 0.3 is 0 Å². The van der Waals surface area contributed by atoms with Crippen molar-refractivity contribution in [2.45, 2.75) is 33.1 Å². The minimum absolute atomic E-state index is 0.494. The lowest BCUT2D eigenvalue weighted by Gasteiger charge is -2.22. The summed E-state index contributed by atoms with van der Waals surface area (Å²) in [6.07, 6.45) is 2.92. The predicted molar refractivity (Wildman–Crippen MR) is 69.8 cm³/mol. The fourth-order valence-electron chi connectivity index (χ4n) is 2.84. The van der Waals surface area contributed by atoms with E-state index < -0.39 is 0 Å². The zero-order chi connectivity index (χ0) is 12.0. The van der Waals surface area contributed by atoms with Crippen molar-refractivity contribution in [3.05, 3.63) is 35.0 Å². The fourth-order valence-corrected chi connectivity index (χ4v) is 2.84. The minimum atomic E-state index is 0.494. The first kappa shape index (κ1) is 10.6. The van der Waals surface area contributed by atoms with Gasteiger partial charge < -0.3 is 4.74 Å². The second kappa shape index (κ2) is 3.73. The van der Waals surface area contributed by atoms with Crippen molar-refractivity contribution < 1.29 is 4.74 Å². The summed E-state index contributed by atoms with van der Waals surface area (Å²) in [7, 11) is 0. The van der Waals surface area contributed by atoms with Crippen LogP contribution in [0.2, 0.25) is 0 Å². The van der Waals surface area contributed by atoms with Gasteiger partial charge in [0.15, 0.2) is 0 Å². The predicted octanol–water partition coefficient (Wildman–Crippen LogP) is 3.60. The molecule has 0 unspecified atom stereocenters. The smallest absolute Gasteiger partial charge is 0.129 e. The Balaban J connectivity index is 2.45. The molecule has 0 saturated heterocycles. The van der Waals surface area contributed by atoms with Crippen molar-refractivity contribution in [3.8, 4) is 5.75 Å². The van der Waals surface area contributed by atoms with Crippen molar-refractivity contribution in [2.24, 2.45) is 0 Å². The summed E-state index contributed by atoms with van der Waals surface area (Å²) in [6, 6.07) is 4.29. The molecule has 0 N–H and O–H groups in total. The molecule has 1 aromatic carbocycles. The summed E-state index contributed by atoms with van der Waals surface area (Å²) in [5.41, 5.74) is 5.15. The van der Waals surface area contributed by atoms with Gasteiger partial charge in [0.1, 0.15) is 5.75 Å². The molecular formula is C15H17NO. The van der Waals surface area contributed by atoms with Crippen molar-refractivity contribution in [2.75, 3.05) is 6.61 Å². The third-order valence-corrected chi connectivity index (χ3v) is 3.52. The highest BCUT2D eigenvalue weighted by atomic mass is 16.5. The number of rotatable bonds is 1. The standard InChI is InChI=1S/C15H17NO/c1-9(2)13-10(3)8-12-14-11(5-7-17-12)4-6-16-15(13)14/h4,6,8-9H,5,7H2,1-3H3. The van der Waals surface area contributed by atoms with Gasteiger partial charge in [-0.1, -0.05) is 13.8 Å². The molecule has 2 nitrogen and oxygen atoms in total. The molecule has 0 atom stereocenters. The van der Waals surface area contributed by atoms with Gasteiger partial charge in [-0.3, -0.25) is 4.98 Å². The lowest BCUT2D eigenvalue weighted by Crippen LogP contribution is -2.10. The molecule has 0 fully saturated rings. The molecule has 3 rings (SSSR count). The van der Waals surface area contributed by atoms with Crippen LogP contribution in [0.5, 0.6) is 5.75 Å². The second-order valence-electron chi connectivity index (χ2n) is 5.05. The van der Waals surface area contributed by atoms with E-state index in [1.54, 1.807) is 0 Å². The van der Waals surface area contributed by atoms with Crippen molar-refractivity contribution >= 4 is 10.9 Å². The molecule has 2 heterocycles. The van der Waals surface area contributed by atoms with Gasteiger partial charge in [-0.05, 0) is 41.7 Å². The van der Waals surface area contributed by atoms with Crippen LogP contribution in [0.15, 0.2) is 18.3 Å². The van der Waals surface area contributed by atoms with Gasteiger partial charge in [-0.25, -0.2) is 0 Å². The Kier molecular flexibility index (Phi) is 2.32. The Bertz CT molecular complexity index is 587. The van der Waals surface area contributed by atoms with Crippen molar-refractivity contribution in [3.63, 3.8) is 0 Å². The number of ether oxygens (including phenoxy) is 1. The van der Waals surface area contributed by atoms with Crippen LogP contribution in [0.3, 0.4) is 0 Å². The molecular weight excluding hydrogens is 210 g/mol. The Labute approximate surface area is 102 Å². The molecule has 2 aromatic rings. The summed E-state index contributed by atoms with van der Waals surface area (Å²) < 4.78 is 5.77. The molecule has 17 heavy (non-hydrogen) atoms. The minimum Gasteiger partial charge on any atom is -0.493 e. The average molecular weight is 227 g/mol. The number of hydrogen-bond donors (Lipinski definition) is 0. The van der Waals surface area contributed by atoms with Gasteiger partial charge in [0, 0.05) is 18.0 Å². The third-order valence-electron chi connectivity index (χ3n) is 3.52. The van der Waals surface area contributed by atoms with Crippen LogP contribution in [-0.2, 0) is 6.42 Å². The molecule has 1 aliphatic heterocycles. The maximum atomic E-state index is 5.77. The third kappa shape index (κ3) is 1.51. The SMILES string of the molecule is Cc1cc2c3c(ccnc3c1C(C)C)CCO2. The monoisotopic (exact) mass is 227 g/mol. The average Bonchev–Trinajstić information content (AvgIpc) is 2.28. The summed E-state index contributed by atoms with van der Waals surface area (Å²) in [6.45, 7) is 7.38. The highest BCUT2D eigenvalue weighted by Gasteiger charge is 2.19. The molecule has 0 bridgehead atoms. The Morgan fingerprint density at radius 2 is 2.18 bits per heavy atom. The lowest BCUT2D eigenvalue weighted by molar-refractivity contribution is 0.317. The van der Waals surface area contributed by atoms with E-state index in [9.17, 15) is 0 Å². The Hall–Kier alpha value is -1.57. The molecule has 0 saturated carbocycles. The van der Waals surface area contributed by atoms with E-state index in [4.69, 9.17) is 4.74 Å². The molecule has 1 aliphatic rings. The van der Waals surface area contributed by atoms with Gasteiger partial charge in [-0.15, -0.1) is 0 Å². The van der Waals surface area contributed by atoms with E-state index in [1.165, 1.54) is 22.1 Å². The number of aromatic nitrogens is 1. The highest BCUT2D eigenvalue weighted by molar-refractivity contribution is 5.92. The molecule has 0 amide bonds. The first-order valence-electron chi connectivity index (χ1n) is 6.22. The van der Waals surface area contributed by atoms with E-state index in [1.807, 2.05) is 6.20 Å². The topological polar surface area (TPSA) is 22.1 Å². The molecule has 0 radical (unpaired) electrons. The summed E-state index contributed by atoms with van der Waals surface area (Å²) in [5, 5.41) is 1.23. The van der Waals surface area contributed by atoms with Crippen LogP contribution >= 0.6 is 0 Å². The molecule has 1 aromatic heterocycles. The first-order valence-corrected chi connectivity index (χ1v) is 6.22. The van der Waals surface area contributed by atoms with Crippen molar-refractivity contribution in [1.82, 2.24) is 4.98 Å². The van der Waals surface area contributed by atoms with Crippen LogP contribution in [0.25, 0.3) is 10.9 Å². The number of hydrogen-bond acceptors (Lipinski definition) is 2. The van der Waals surface area contributed by atoms with Crippen molar-refractivity contribution in [1.29, 1.82) is 0 Å². The van der Waals surface area contributed by atoms with E-state index in [0.717, 1.165) is 24.3 Å². The zero-order valence-electron chi connectivity index (χ0n) is 10.6. The van der Waals surface area contributed by atoms with Gasteiger partial charge in [0.05, 0.1) is 12.1 Å². The molecule has 88 valence electrons. The Morgan fingerprint density at radius 1 is 1.35 bits per heavy atom. The fraction of sp³-hybridized carbons (Fsp3) is 0.400. The number of pyridine rings is 1.